The molecule has 27 heavy (non-hydrogen) atoms. The SMILES string of the molecule is CCCN1CCC(CCNC(=O)N2CC(c3nc4ccccc4[nH]3)C2)CC1. The third-order valence-electron chi connectivity index (χ3n) is 6.04. The predicted molar refractivity (Wildman–Crippen MR) is 108 cm³/mol. The van der Waals surface area contributed by atoms with Crippen LogP contribution in [0.3, 0.4) is 0 Å². The van der Waals surface area contributed by atoms with Crippen molar-refractivity contribution in [2.75, 3.05) is 39.3 Å². The lowest BCUT2D eigenvalue weighted by atomic mass is 9.93. The summed E-state index contributed by atoms with van der Waals surface area (Å²) < 4.78 is 0. The Hall–Kier alpha value is -2.08. The number of para-hydroxylation sites is 2. The number of aromatic nitrogens is 2. The Morgan fingerprint density at radius 2 is 2.04 bits per heavy atom. The minimum atomic E-state index is 0.0748. The number of hydrogen-bond acceptors (Lipinski definition) is 3. The Morgan fingerprint density at radius 1 is 1.26 bits per heavy atom. The van der Waals surface area contributed by atoms with Crippen molar-refractivity contribution < 1.29 is 4.79 Å². The van der Waals surface area contributed by atoms with Gasteiger partial charge in [0, 0.05) is 19.6 Å². The van der Waals surface area contributed by atoms with Crippen molar-refractivity contribution in [1.29, 1.82) is 0 Å². The first-order valence-corrected chi connectivity index (χ1v) is 10.4. The van der Waals surface area contributed by atoms with E-state index in [0.717, 1.165) is 48.8 Å². The number of rotatable bonds is 6. The number of piperidine rings is 1. The third kappa shape index (κ3) is 4.26. The van der Waals surface area contributed by atoms with E-state index in [1.54, 1.807) is 0 Å². The molecular weight excluding hydrogens is 338 g/mol. The van der Waals surface area contributed by atoms with E-state index >= 15 is 0 Å². The molecule has 0 aliphatic carbocycles. The summed E-state index contributed by atoms with van der Waals surface area (Å²) in [5.74, 6) is 2.09. The second-order valence-corrected chi connectivity index (χ2v) is 8.05. The van der Waals surface area contributed by atoms with Crippen LogP contribution in [0.15, 0.2) is 24.3 Å². The molecule has 2 aromatic rings. The number of carbonyl (C=O) groups excluding carboxylic acids is 1. The van der Waals surface area contributed by atoms with Gasteiger partial charge in [-0.3, -0.25) is 0 Å². The van der Waals surface area contributed by atoms with Crippen LogP contribution in [0, 0.1) is 5.92 Å². The number of carbonyl (C=O) groups is 1. The average molecular weight is 370 g/mol. The molecule has 0 saturated carbocycles. The van der Waals surface area contributed by atoms with E-state index in [-0.39, 0.29) is 6.03 Å². The van der Waals surface area contributed by atoms with Gasteiger partial charge in [-0.25, -0.2) is 9.78 Å². The molecule has 0 unspecified atom stereocenters. The number of urea groups is 1. The van der Waals surface area contributed by atoms with Gasteiger partial charge in [0.1, 0.15) is 5.82 Å². The number of fused-ring (bicyclic) bond motifs is 1. The highest BCUT2D eigenvalue weighted by atomic mass is 16.2. The molecule has 6 nitrogen and oxygen atoms in total. The first kappa shape index (κ1) is 18.3. The number of likely N-dealkylation sites (tertiary alicyclic amines) is 2. The highest BCUT2D eigenvalue weighted by Gasteiger charge is 2.33. The number of imidazole rings is 1. The molecule has 1 aromatic heterocycles. The van der Waals surface area contributed by atoms with Gasteiger partial charge in [0.15, 0.2) is 0 Å². The lowest BCUT2D eigenvalue weighted by molar-refractivity contribution is 0.146. The van der Waals surface area contributed by atoms with Crippen LogP contribution in [0.25, 0.3) is 11.0 Å². The fraction of sp³-hybridized carbons (Fsp3) is 0.619. The van der Waals surface area contributed by atoms with E-state index in [9.17, 15) is 4.79 Å². The van der Waals surface area contributed by atoms with Crippen molar-refractivity contribution >= 4 is 17.1 Å². The molecule has 0 spiro atoms. The first-order chi connectivity index (χ1) is 13.2. The van der Waals surface area contributed by atoms with Crippen molar-refractivity contribution in [2.45, 2.75) is 38.5 Å². The van der Waals surface area contributed by atoms with Gasteiger partial charge >= 0.3 is 6.03 Å². The van der Waals surface area contributed by atoms with Gasteiger partial charge in [0.25, 0.3) is 0 Å². The normalized spacial score (nSPS) is 19.4. The molecule has 1 aromatic carbocycles. The van der Waals surface area contributed by atoms with Crippen LogP contribution in [0.5, 0.6) is 0 Å². The van der Waals surface area contributed by atoms with Crippen LogP contribution in [0.2, 0.25) is 0 Å². The van der Waals surface area contributed by atoms with E-state index < -0.39 is 0 Å². The summed E-state index contributed by atoms with van der Waals surface area (Å²) in [4.78, 5) is 24.8. The number of amides is 2. The molecule has 0 bridgehead atoms. The maximum absolute atomic E-state index is 12.3. The van der Waals surface area contributed by atoms with Crippen LogP contribution in [0.4, 0.5) is 4.79 Å². The lowest BCUT2D eigenvalue weighted by Crippen LogP contribution is -2.53. The molecular formula is C21H31N5O. The summed E-state index contributed by atoms with van der Waals surface area (Å²) >= 11 is 0. The molecule has 2 aliphatic rings. The van der Waals surface area contributed by atoms with Crippen molar-refractivity contribution in [1.82, 2.24) is 25.1 Å². The number of hydrogen-bond donors (Lipinski definition) is 2. The van der Waals surface area contributed by atoms with Gasteiger partial charge in [-0.2, -0.15) is 0 Å². The Labute approximate surface area is 161 Å². The van der Waals surface area contributed by atoms with Crippen LogP contribution in [0.1, 0.15) is 44.3 Å². The Bertz CT molecular complexity index is 726. The molecule has 0 radical (unpaired) electrons. The summed E-state index contributed by atoms with van der Waals surface area (Å²) in [5.41, 5.74) is 2.07. The predicted octanol–water partition coefficient (Wildman–Crippen LogP) is 3.18. The van der Waals surface area contributed by atoms with Gasteiger partial charge in [-0.05, 0) is 63.4 Å². The standard InChI is InChI=1S/C21H31N5O/c1-2-11-25-12-8-16(9-13-25)7-10-22-21(27)26-14-17(15-26)20-23-18-5-3-4-6-19(18)24-20/h3-6,16-17H,2,7-15H2,1H3,(H,22,27)(H,23,24). The summed E-state index contributed by atoms with van der Waals surface area (Å²) in [5, 5.41) is 3.11. The maximum Gasteiger partial charge on any atom is 0.317 e. The van der Waals surface area contributed by atoms with Crippen LogP contribution < -0.4 is 5.32 Å². The number of H-pyrrole nitrogens is 1. The van der Waals surface area contributed by atoms with Gasteiger partial charge in [-0.15, -0.1) is 0 Å². The molecule has 2 aliphatic heterocycles. The van der Waals surface area contributed by atoms with Gasteiger partial charge in [-0.1, -0.05) is 19.1 Å². The Kier molecular flexibility index (Phi) is 5.62. The van der Waals surface area contributed by atoms with Crippen molar-refractivity contribution in [3.05, 3.63) is 30.1 Å². The Morgan fingerprint density at radius 3 is 2.78 bits per heavy atom. The lowest BCUT2D eigenvalue weighted by Gasteiger charge is -2.38. The topological polar surface area (TPSA) is 64.3 Å². The zero-order valence-corrected chi connectivity index (χ0v) is 16.3. The summed E-state index contributed by atoms with van der Waals surface area (Å²) in [6.45, 7) is 8.21. The number of nitrogens with zero attached hydrogens (tertiary/aromatic N) is 3. The van der Waals surface area contributed by atoms with Crippen LogP contribution in [-0.2, 0) is 0 Å². The summed E-state index contributed by atoms with van der Waals surface area (Å²) in [7, 11) is 0. The van der Waals surface area contributed by atoms with Crippen molar-refractivity contribution in [3.63, 3.8) is 0 Å². The molecule has 3 heterocycles. The highest BCUT2D eigenvalue weighted by Crippen LogP contribution is 2.26. The monoisotopic (exact) mass is 369 g/mol. The van der Waals surface area contributed by atoms with E-state index in [1.165, 1.54) is 38.9 Å². The van der Waals surface area contributed by atoms with E-state index in [2.05, 4.69) is 27.1 Å². The highest BCUT2D eigenvalue weighted by molar-refractivity contribution is 5.76. The van der Waals surface area contributed by atoms with Crippen LogP contribution >= 0.6 is 0 Å². The van der Waals surface area contributed by atoms with Gasteiger partial charge in [0.05, 0.1) is 17.0 Å². The average Bonchev–Trinajstić information content (AvgIpc) is 3.05. The number of benzene rings is 1. The van der Waals surface area contributed by atoms with Gasteiger partial charge < -0.3 is 20.1 Å². The first-order valence-electron chi connectivity index (χ1n) is 10.4. The fourth-order valence-corrected chi connectivity index (χ4v) is 4.29. The largest absolute Gasteiger partial charge is 0.342 e. The van der Waals surface area contributed by atoms with Gasteiger partial charge in [0.2, 0.25) is 0 Å². The van der Waals surface area contributed by atoms with Crippen LogP contribution in [-0.4, -0.2) is 65.1 Å². The second kappa shape index (κ2) is 8.30. The summed E-state index contributed by atoms with van der Waals surface area (Å²) in [6.07, 6.45) is 4.89. The van der Waals surface area contributed by atoms with Crippen molar-refractivity contribution in [3.8, 4) is 0 Å². The third-order valence-corrected chi connectivity index (χ3v) is 6.04. The zero-order chi connectivity index (χ0) is 18.6. The fourth-order valence-electron chi connectivity index (χ4n) is 4.29. The second-order valence-electron chi connectivity index (χ2n) is 8.05. The zero-order valence-electron chi connectivity index (χ0n) is 16.3. The van der Waals surface area contributed by atoms with E-state index in [1.807, 2.05) is 29.2 Å². The quantitative estimate of drug-likeness (QED) is 0.822. The Balaban J connectivity index is 1.16. The molecule has 146 valence electrons. The molecule has 6 heteroatoms. The molecule has 2 saturated heterocycles. The number of nitrogens with one attached hydrogen (secondary N) is 2. The van der Waals surface area contributed by atoms with E-state index in [0.29, 0.717) is 5.92 Å². The molecule has 4 rings (SSSR count). The van der Waals surface area contributed by atoms with Crippen molar-refractivity contribution in [2.24, 2.45) is 5.92 Å². The minimum absolute atomic E-state index is 0.0748. The van der Waals surface area contributed by atoms with E-state index in [4.69, 9.17) is 0 Å². The maximum atomic E-state index is 12.3. The summed E-state index contributed by atoms with van der Waals surface area (Å²) in [6, 6.07) is 8.15. The minimum Gasteiger partial charge on any atom is -0.342 e. The molecule has 0 atom stereocenters. The smallest absolute Gasteiger partial charge is 0.317 e. The number of aromatic amines is 1. The molecule has 2 amide bonds. The molecule has 2 fully saturated rings. The molecule has 2 N–H and O–H groups in total.